The van der Waals surface area contributed by atoms with E-state index in [1.807, 2.05) is 0 Å². The first kappa shape index (κ1) is 26.0. The Morgan fingerprint density at radius 1 is 1.28 bits per heavy atom. The average Bonchev–Trinajstić information content (AvgIpc) is 3.20. The van der Waals surface area contributed by atoms with Gasteiger partial charge >= 0.3 is 6.18 Å². The van der Waals surface area contributed by atoms with Gasteiger partial charge in [0.15, 0.2) is 0 Å². The molecule has 0 radical (unpaired) electrons. The molecule has 1 amide bonds. The van der Waals surface area contributed by atoms with Crippen LogP contribution in [0.1, 0.15) is 28.8 Å². The van der Waals surface area contributed by atoms with E-state index in [2.05, 4.69) is 15.7 Å². The number of hydrogen-bond donors (Lipinski definition) is 2. The van der Waals surface area contributed by atoms with Crippen molar-refractivity contribution < 1.29 is 27.4 Å². The zero-order valence-corrected chi connectivity index (χ0v) is 20.3. The smallest absolute Gasteiger partial charge is 0.416 e. The van der Waals surface area contributed by atoms with Crippen molar-refractivity contribution in [2.24, 2.45) is 7.05 Å². The Labute approximate surface area is 211 Å². The van der Waals surface area contributed by atoms with Crippen LogP contribution < -0.4 is 15.4 Å². The molecule has 7 nitrogen and oxygen atoms in total. The van der Waals surface area contributed by atoms with Crippen LogP contribution in [0.4, 0.5) is 18.9 Å². The third-order valence-corrected chi connectivity index (χ3v) is 6.07. The summed E-state index contributed by atoms with van der Waals surface area (Å²) in [6.07, 6.45) is -0.970. The van der Waals surface area contributed by atoms with Gasteiger partial charge in [-0.1, -0.05) is 17.7 Å². The minimum absolute atomic E-state index is 0.108. The molecule has 1 atom stereocenters. The summed E-state index contributed by atoms with van der Waals surface area (Å²) in [7, 11) is 1.73. The van der Waals surface area contributed by atoms with Gasteiger partial charge in [0.25, 0.3) is 5.91 Å². The molecule has 1 aliphatic rings. The summed E-state index contributed by atoms with van der Waals surface area (Å²) in [6, 6.07) is 9.51. The van der Waals surface area contributed by atoms with Gasteiger partial charge in [0, 0.05) is 43.1 Å². The van der Waals surface area contributed by atoms with Crippen molar-refractivity contribution in [1.29, 1.82) is 0 Å². The van der Waals surface area contributed by atoms with Crippen molar-refractivity contribution in [3.8, 4) is 17.0 Å². The fourth-order valence-electron chi connectivity index (χ4n) is 4.00. The van der Waals surface area contributed by atoms with E-state index in [1.165, 1.54) is 18.3 Å². The Balaban J connectivity index is 1.51. The van der Waals surface area contributed by atoms with E-state index in [4.69, 9.17) is 21.1 Å². The van der Waals surface area contributed by atoms with Crippen LogP contribution in [-0.4, -0.2) is 48.1 Å². The number of ether oxygens (including phenoxy) is 2. The number of aromatic nitrogens is 2. The fourth-order valence-corrected chi connectivity index (χ4v) is 4.27. The van der Waals surface area contributed by atoms with Gasteiger partial charge in [-0.05, 0) is 49.2 Å². The van der Waals surface area contributed by atoms with E-state index in [9.17, 15) is 18.0 Å². The molecule has 2 aromatic carbocycles. The van der Waals surface area contributed by atoms with Gasteiger partial charge in [-0.15, -0.1) is 0 Å². The standard InChI is InChI=1S/C25H26ClF3N4O3/c1-33-23(21(26)14-31-33)20-13-18(32-24(34)16-4-2-5-17(12-16)25(27,28)29)7-8-22(20)36-11-9-30-19-6-3-10-35-15-19/h2,4-5,7-8,12-14,19,30H,3,6,9-11,15H2,1H3,(H,32,34). The fraction of sp³-hybridized carbons (Fsp3) is 0.360. The Morgan fingerprint density at radius 2 is 2.11 bits per heavy atom. The number of alkyl halides is 3. The van der Waals surface area contributed by atoms with Crippen molar-refractivity contribution in [1.82, 2.24) is 15.1 Å². The molecule has 2 N–H and O–H groups in total. The maximum Gasteiger partial charge on any atom is 0.416 e. The molecule has 1 aliphatic heterocycles. The van der Waals surface area contributed by atoms with Crippen LogP contribution in [-0.2, 0) is 18.0 Å². The maximum absolute atomic E-state index is 13.0. The zero-order chi connectivity index (χ0) is 25.7. The minimum Gasteiger partial charge on any atom is -0.492 e. The number of nitrogens with one attached hydrogen (secondary N) is 2. The van der Waals surface area contributed by atoms with Crippen molar-refractivity contribution in [3.05, 3.63) is 64.8 Å². The highest BCUT2D eigenvalue weighted by atomic mass is 35.5. The molecule has 11 heteroatoms. The molecule has 0 bridgehead atoms. The van der Waals surface area contributed by atoms with Gasteiger partial charge in [0.05, 0.1) is 29.1 Å². The normalized spacial score (nSPS) is 16.1. The lowest BCUT2D eigenvalue weighted by Crippen LogP contribution is -2.38. The number of anilines is 1. The molecule has 1 fully saturated rings. The quantitative estimate of drug-likeness (QED) is 0.400. The van der Waals surface area contributed by atoms with E-state index < -0.39 is 17.6 Å². The number of nitrogens with zero attached hydrogens (tertiary/aromatic N) is 2. The average molecular weight is 523 g/mol. The molecule has 0 saturated carbocycles. The van der Waals surface area contributed by atoms with Gasteiger partial charge in [0.2, 0.25) is 0 Å². The number of hydrogen-bond acceptors (Lipinski definition) is 5. The highest BCUT2D eigenvalue weighted by Crippen LogP contribution is 2.37. The second kappa shape index (κ2) is 11.3. The number of amides is 1. The lowest BCUT2D eigenvalue weighted by atomic mass is 10.1. The molecule has 0 aliphatic carbocycles. The summed E-state index contributed by atoms with van der Waals surface area (Å²) in [5, 5.41) is 10.6. The maximum atomic E-state index is 13.0. The van der Waals surface area contributed by atoms with Gasteiger partial charge < -0.3 is 20.1 Å². The predicted octanol–water partition coefficient (Wildman–Crippen LogP) is 5.16. The molecule has 1 saturated heterocycles. The van der Waals surface area contributed by atoms with Crippen molar-refractivity contribution in [3.63, 3.8) is 0 Å². The summed E-state index contributed by atoms with van der Waals surface area (Å²) < 4.78 is 52.2. The SMILES string of the molecule is Cn1ncc(Cl)c1-c1cc(NC(=O)c2cccc(C(F)(F)F)c2)ccc1OCCNC1CCCOC1. The second-order valence-electron chi connectivity index (χ2n) is 8.42. The molecular formula is C25H26ClF3N4O3. The number of benzene rings is 2. The molecule has 1 unspecified atom stereocenters. The van der Waals surface area contributed by atoms with Crippen LogP contribution in [0.5, 0.6) is 5.75 Å². The number of carbonyl (C=O) groups is 1. The van der Waals surface area contributed by atoms with Crippen LogP contribution in [0.2, 0.25) is 5.02 Å². The topological polar surface area (TPSA) is 77.4 Å². The summed E-state index contributed by atoms with van der Waals surface area (Å²) in [4.78, 5) is 12.7. The van der Waals surface area contributed by atoms with E-state index in [0.29, 0.717) is 53.5 Å². The van der Waals surface area contributed by atoms with Crippen LogP contribution in [0.15, 0.2) is 48.7 Å². The third-order valence-electron chi connectivity index (χ3n) is 5.79. The van der Waals surface area contributed by atoms with Crippen LogP contribution in [0, 0.1) is 0 Å². The zero-order valence-electron chi connectivity index (χ0n) is 19.6. The van der Waals surface area contributed by atoms with Crippen molar-refractivity contribution in [2.75, 3.05) is 31.7 Å². The third kappa shape index (κ3) is 6.37. The molecular weight excluding hydrogens is 497 g/mol. The van der Waals surface area contributed by atoms with Gasteiger partial charge in [-0.25, -0.2) is 0 Å². The highest BCUT2D eigenvalue weighted by molar-refractivity contribution is 6.33. The Kier molecular flexibility index (Phi) is 8.17. The minimum atomic E-state index is -4.54. The molecule has 1 aromatic heterocycles. The first-order valence-electron chi connectivity index (χ1n) is 11.5. The predicted molar refractivity (Wildman–Crippen MR) is 130 cm³/mol. The molecule has 3 aromatic rings. The molecule has 36 heavy (non-hydrogen) atoms. The van der Waals surface area contributed by atoms with Crippen LogP contribution in [0.3, 0.4) is 0 Å². The number of aryl methyl sites for hydroxylation is 1. The van der Waals surface area contributed by atoms with Gasteiger partial charge in [-0.2, -0.15) is 18.3 Å². The Hall–Kier alpha value is -3.08. The van der Waals surface area contributed by atoms with E-state index in [-0.39, 0.29) is 5.56 Å². The van der Waals surface area contributed by atoms with Crippen molar-refractivity contribution in [2.45, 2.75) is 25.1 Å². The first-order chi connectivity index (χ1) is 17.2. The van der Waals surface area contributed by atoms with Crippen LogP contribution >= 0.6 is 11.6 Å². The Bertz CT molecular complexity index is 1190. The molecule has 4 rings (SSSR count). The lowest BCUT2D eigenvalue weighted by molar-refractivity contribution is -0.137. The lowest BCUT2D eigenvalue weighted by Gasteiger charge is -2.23. The molecule has 0 spiro atoms. The first-order valence-corrected chi connectivity index (χ1v) is 11.8. The summed E-state index contributed by atoms with van der Waals surface area (Å²) in [5.41, 5.74) is 0.533. The van der Waals surface area contributed by atoms with E-state index in [0.717, 1.165) is 31.6 Å². The second-order valence-corrected chi connectivity index (χ2v) is 8.83. The number of carbonyl (C=O) groups excluding carboxylic acids is 1. The van der Waals surface area contributed by atoms with E-state index in [1.54, 1.807) is 29.9 Å². The van der Waals surface area contributed by atoms with Gasteiger partial charge in [-0.3, -0.25) is 9.48 Å². The van der Waals surface area contributed by atoms with Crippen molar-refractivity contribution >= 4 is 23.2 Å². The summed E-state index contributed by atoms with van der Waals surface area (Å²) in [5.74, 6) is -0.144. The summed E-state index contributed by atoms with van der Waals surface area (Å²) in [6.45, 7) is 2.46. The number of rotatable bonds is 8. The van der Waals surface area contributed by atoms with Gasteiger partial charge in [0.1, 0.15) is 12.4 Å². The molecule has 192 valence electrons. The monoisotopic (exact) mass is 522 g/mol. The number of halogens is 4. The summed E-state index contributed by atoms with van der Waals surface area (Å²) >= 11 is 6.37. The van der Waals surface area contributed by atoms with E-state index >= 15 is 0 Å². The largest absolute Gasteiger partial charge is 0.492 e. The highest BCUT2D eigenvalue weighted by Gasteiger charge is 2.31. The van der Waals surface area contributed by atoms with Crippen LogP contribution in [0.25, 0.3) is 11.3 Å². The Morgan fingerprint density at radius 3 is 2.81 bits per heavy atom. The molecule has 2 heterocycles.